The molecule has 2 amide bonds. The minimum Gasteiger partial charge on any atom is -1.00 e. The van der Waals surface area contributed by atoms with Gasteiger partial charge >= 0.3 is 41.6 Å². The first-order valence-corrected chi connectivity index (χ1v) is 10.2. The van der Waals surface area contributed by atoms with Crippen molar-refractivity contribution in [2.24, 2.45) is 7.05 Å². The molecule has 9 nitrogen and oxygen atoms in total. The standard InChI is InChI=1S/C24H24FN3O6.Na.H/c1-13-7-20(29)22(23(32)28(13)2)27-24(33)26-19(12-21(30)31)16-8-15(9-17(25)10-16)14-5-4-6-18(11-14)34-3;;/h4-11,19,29H,12H2,1-3H3,(H,30,31)(H2,26,27,33);;/q;+1;-1. The minimum absolute atomic E-state index is 0. The van der Waals surface area contributed by atoms with Gasteiger partial charge in [-0.2, -0.15) is 0 Å². The number of aromatic hydroxyl groups is 1. The van der Waals surface area contributed by atoms with Crippen LogP contribution >= 0.6 is 0 Å². The summed E-state index contributed by atoms with van der Waals surface area (Å²) in [7, 11) is 2.97. The molecule has 3 rings (SSSR count). The molecule has 1 unspecified atom stereocenters. The molecule has 0 aliphatic heterocycles. The molecule has 0 fully saturated rings. The van der Waals surface area contributed by atoms with Crippen molar-refractivity contribution in [2.75, 3.05) is 12.4 Å². The SMILES string of the molecule is COc1cccc(-c2cc(F)cc(C(CC(=O)O)NC(=O)Nc3c(O)cc(C)n(C)c3=O)c2)c1.[H-].[Na+]. The number of carbonyl (C=O) groups is 2. The Labute approximate surface area is 224 Å². The zero-order valence-corrected chi connectivity index (χ0v) is 21.8. The van der Waals surface area contributed by atoms with Gasteiger partial charge in [0.25, 0.3) is 5.56 Å². The summed E-state index contributed by atoms with van der Waals surface area (Å²) in [6.07, 6.45) is -0.549. The van der Waals surface area contributed by atoms with Gasteiger partial charge in [0.1, 0.15) is 17.3 Å². The minimum atomic E-state index is -1.23. The summed E-state index contributed by atoms with van der Waals surface area (Å²) in [6.45, 7) is 1.61. The first-order chi connectivity index (χ1) is 16.1. The molecular weight excluding hydrogens is 468 g/mol. The molecule has 3 aromatic rings. The Balaban J connectivity index is 0.00000324. The molecule has 1 heterocycles. The number of anilines is 1. The van der Waals surface area contributed by atoms with Crippen LogP contribution in [0.25, 0.3) is 11.1 Å². The number of pyridine rings is 1. The van der Waals surface area contributed by atoms with Crippen LogP contribution in [0.2, 0.25) is 0 Å². The molecule has 0 saturated heterocycles. The summed E-state index contributed by atoms with van der Waals surface area (Å²) in [6, 6.07) is 10.1. The number of amides is 2. The van der Waals surface area contributed by atoms with Crippen molar-refractivity contribution >= 4 is 17.7 Å². The third-order valence-corrected chi connectivity index (χ3v) is 5.30. The molecule has 0 radical (unpaired) electrons. The Morgan fingerprint density at radius 2 is 1.89 bits per heavy atom. The van der Waals surface area contributed by atoms with Crippen molar-refractivity contribution in [3.8, 4) is 22.6 Å². The average molecular weight is 493 g/mol. The maximum Gasteiger partial charge on any atom is 1.00 e. The summed E-state index contributed by atoms with van der Waals surface area (Å²) in [4.78, 5) is 36.5. The Kier molecular flexibility index (Phi) is 9.47. The van der Waals surface area contributed by atoms with Crippen LogP contribution in [0.5, 0.6) is 11.5 Å². The van der Waals surface area contributed by atoms with Crippen LogP contribution in [0.1, 0.15) is 25.1 Å². The summed E-state index contributed by atoms with van der Waals surface area (Å²) in [5.41, 5.74) is 0.756. The molecule has 1 atom stereocenters. The van der Waals surface area contributed by atoms with Crippen LogP contribution < -0.4 is 50.5 Å². The molecule has 2 aromatic carbocycles. The maximum atomic E-state index is 14.5. The van der Waals surface area contributed by atoms with Crippen molar-refractivity contribution in [2.45, 2.75) is 19.4 Å². The van der Waals surface area contributed by atoms with Gasteiger partial charge in [0.2, 0.25) is 0 Å². The van der Waals surface area contributed by atoms with E-state index >= 15 is 0 Å². The Bertz CT molecular complexity index is 1320. The van der Waals surface area contributed by atoms with Crippen LogP contribution in [-0.4, -0.2) is 33.9 Å². The normalized spacial score (nSPS) is 11.2. The quantitative estimate of drug-likeness (QED) is 0.358. The second-order valence-corrected chi connectivity index (χ2v) is 7.66. The molecular formula is C24H25FN3NaO6. The van der Waals surface area contributed by atoms with E-state index in [0.717, 1.165) is 6.07 Å². The largest absolute Gasteiger partial charge is 1.00 e. The van der Waals surface area contributed by atoms with E-state index in [2.05, 4.69) is 10.6 Å². The average Bonchev–Trinajstić information content (AvgIpc) is 2.79. The van der Waals surface area contributed by atoms with Gasteiger partial charge in [0, 0.05) is 18.8 Å². The number of carbonyl (C=O) groups excluding carboxylic acids is 1. The molecule has 180 valence electrons. The van der Waals surface area contributed by atoms with Crippen molar-refractivity contribution in [1.29, 1.82) is 0 Å². The van der Waals surface area contributed by atoms with Crippen LogP contribution in [0.3, 0.4) is 0 Å². The molecule has 1 aromatic heterocycles. The van der Waals surface area contributed by atoms with Gasteiger partial charge in [-0.05, 0) is 53.9 Å². The van der Waals surface area contributed by atoms with Crippen molar-refractivity contribution < 1.29 is 59.9 Å². The molecule has 0 saturated carbocycles. The van der Waals surface area contributed by atoms with Gasteiger partial charge in [-0.3, -0.25) is 9.59 Å². The fraction of sp³-hybridized carbons (Fsp3) is 0.208. The smallest absolute Gasteiger partial charge is 1.00 e. The molecule has 0 bridgehead atoms. The predicted octanol–water partition coefficient (Wildman–Crippen LogP) is 0.668. The van der Waals surface area contributed by atoms with Gasteiger partial charge in [-0.15, -0.1) is 0 Å². The molecule has 35 heavy (non-hydrogen) atoms. The number of aryl methyl sites for hydroxylation is 1. The summed E-state index contributed by atoms with van der Waals surface area (Å²) < 4.78 is 20.9. The van der Waals surface area contributed by atoms with E-state index in [0.29, 0.717) is 22.6 Å². The number of nitrogens with zero attached hydrogens (tertiary/aromatic N) is 1. The van der Waals surface area contributed by atoms with Crippen molar-refractivity contribution in [3.63, 3.8) is 0 Å². The van der Waals surface area contributed by atoms with Crippen molar-refractivity contribution in [1.82, 2.24) is 9.88 Å². The summed E-state index contributed by atoms with van der Waals surface area (Å²) in [5, 5.41) is 24.1. The summed E-state index contributed by atoms with van der Waals surface area (Å²) in [5.74, 6) is -1.73. The van der Waals surface area contributed by atoms with E-state index in [9.17, 15) is 29.0 Å². The van der Waals surface area contributed by atoms with Gasteiger partial charge in [-0.25, -0.2) is 9.18 Å². The number of hydrogen-bond acceptors (Lipinski definition) is 5. The van der Waals surface area contributed by atoms with E-state index in [-0.39, 0.29) is 42.2 Å². The van der Waals surface area contributed by atoms with Crippen LogP contribution in [0.4, 0.5) is 14.9 Å². The van der Waals surface area contributed by atoms with Gasteiger partial charge < -0.3 is 31.6 Å². The van der Waals surface area contributed by atoms with E-state index in [4.69, 9.17) is 4.74 Å². The molecule has 0 aliphatic carbocycles. The predicted molar refractivity (Wildman–Crippen MR) is 125 cm³/mol. The van der Waals surface area contributed by atoms with Gasteiger partial charge in [0.05, 0.1) is 19.6 Å². The Hall–Kier alpha value is -3.34. The molecule has 4 N–H and O–H groups in total. The first kappa shape index (κ1) is 27.9. The number of aromatic nitrogens is 1. The van der Waals surface area contributed by atoms with Gasteiger partial charge in [-0.1, -0.05) is 12.1 Å². The fourth-order valence-corrected chi connectivity index (χ4v) is 3.44. The van der Waals surface area contributed by atoms with E-state index < -0.39 is 41.6 Å². The molecule has 0 spiro atoms. The summed E-state index contributed by atoms with van der Waals surface area (Å²) >= 11 is 0. The van der Waals surface area contributed by atoms with E-state index in [1.807, 2.05) is 0 Å². The van der Waals surface area contributed by atoms with Gasteiger partial charge in [0.15, 0.2) is 5.69 Å². The van der Waals surface area contributed by atoms with E-state index in [1.54, 1.807) is 37.3 Å². The molecule has 0 aliphatic rings. The number of ether oxygens (including phenoxy) is 1. The number of rotatable bonds is 7. The second kappa shape index (κ2) is 11.9. The van der Waals surface area contributed by atoms with E-state index in [1.165, 1.54) is 30.9 Å². The molecule has 11 heteroatoms. The monoisotopic (exact) mass is 493 g/mol. The number of nitrogens with one attached hydrogen (secondary N) is 2. The zero-order valence-electron chi connectivity index (χ0n) is 20.8. The number of carboxylic acids is 1. The number of aliphatic carboxylic acids is 1. The Morgan fingerprint density at radius 3 is 2.54 bits per heavy atom. The topological polar surface area (TPSA) is 130 Å². The first-order valence-electron chi connectivity index (χ1n) is 10.2. The zero-order chi connectivity index (χ0) is 25.0. The number of hydrogen-bond donors (Lipinski definition) is 4. The number of urea groups is 1. The third kappa shape index (κ3) is 6.84. The number of carboxylic acid groups (broad SMARTS) is 1. The number of halogens is 1. The Morgan fingerprint density at radius 1 is 1.17 bits per heavy atom. The van der Waals surface area contributed by atoms with Crippen LogP contribution in [-0.2, 0) is 11.8 Å². The fourth-order valence-electron chi connectivity index (χ4n) is 3.44. The second-order valence-electron chi connectivity index (χ2n) is 7.66. The number of methoxy groups -OCH3 is 1. The van der Waals surface area contributed by atoms with Crippen LogP contribution in [0, 0.1) is 12.7 Å². The van der Waals surface area contributed by atoms with Crippen LogP contribution in [0.15, 0.2) is 53.3 Å². The third-order valence-electron chi connectivity index (χ3n) is 5.30. The van der Waals surface area contributed by atoms with Crippen molar-refractivity contribution in [3.05, 3.63) is 76.0 Å². The maximum absolute atomic E-state index is 14.5. The number of benzene rings is 2.